The van der Waals surface area contributed by atoms with E-state index in [0.717, 1.165) is 0 Å². The van der Waals surface area contributed by atoms with Crippen LogP contribution in [0.4, 0.5) is 13.2 Å². The van der Waals surface area contributed by atoms with E-state index in [0.29, 0.717) is 5.56 Å². The largest absolute Gasteiger partial charge is 0.573 e. The fourth-order valence-electron chi connectivity index (χ4n) is 2.09. The minimum atomic E-state index is -4.79. The monoisotopic (exact) mass is 435 g/mol. The van der Waals surface area contributed by atoms with E-state index >= 15 is 0 Å². The van der Waals surface area contributed by atoms with Crippen molar-refractivity contribution in [2.75, 3.05) is 13.2 Å². The normalized spacial score (nSPS) is 12.1. The molecule has 150 valence electrons. The van der Waals surface area contributed by atoms with Gasteiger partial charge in [0.05, 0.1) is 17.2 Å². The summed E-state index contributed by atoms with van der Waals surface area (Å²) < 4.78 is 46.4. The molecule has 2 aromatic rings. The summed E-state index contributed by atoms with van der Waals surface area (Å²) in [4.78, 5) is 19.4. The smallest absolute Gasteiger partial charge is 0.406 e. The summed E-state index contributed by atoms with van der Waals surface area (Å²) in [6.07, 6.45) is -3.38. The van der Waals surface area contributed by atoms with Crippen LogP contribution in [0, 0.1) is 0 Å². The Balaban J connectivity index is 1.89. The van der Waals surface area contributed by atoms with Crippen molar-refractivity contribution in [2.24, 2.45) is 10.7 Å². The molecule has 0 fully saturated rings. The van der Waals surface area contributed by atoms with E-state index in [2.05, 4.69) is 14.7 Å². The minimum Gasteiger partial charge on any atom is -0.406 e. The molecule has 0 aliphatic carbocycles. The Bertz CT molecular complexity index is 876. The first kappa shape index (κ1) is 21.9. The summed E-state index contributed by atoms with van der Waals surface area (Å²) in [5, 5.41) is 0.130. The van der Waals surface area contributed by atoms with Gasteiger partial charge in [-0.1, -0.05) is 41.4 Å². The number of aliphatic imine (C=N–C) groups is 1. The van der Waals surface area contributed by atoms with Crippen LogP contribution in [0.3, 0.4) is 0 Å². The maximum absolute atomic E-state index is 12.4. The zero-order valence-corrected chi connectivity index (χ0v) is 15.7. The van der Waals surface area contributed by atoms with Crippen LogP contribution in [0.25, 0.3) is 0 Å². The van der Waals surface area contributed by atoms with Crippen molar-refractivity contribution >= 4 is 34.9 Å². The van der Waals surface area contributed by atoms with Crippen molar-refractivity contribution in [1.29, 1.82) is 0 Å². The zero-order chi connectivity index (χ0) is 20.7. The van der Waals surface area contributed by atoms with Gasteiger partial charge in [-0.15, -0.1) is 13.2 Å². The molecule has 2 N–H and O–H groups in total. The van der Waals surface area contributed by atoms with E-state index < -0.39 is 12.3 Å². The SMILES string of the molecule is NC(COCCc1ccccc1OC(F)(F)F)=NC(=O)c1cc(Cl)cnc1Cl. The lowest BCUT2D eigenvalue weighted by Gasteiger charge is -2.13. The molecule has 28 heavy (non-hydrogen) atoms. The number of amides is 1. The van der Waals surface area contributed by atoms with E-state index in [1.54, 1.807) is 6.07 Å². The van der Waals surface area contributed by atoms with Crippen molar-refractivity contribution in [3.63, 3.8) is 0 Å². The average molecular weight is 436 g/mol. The van der Waals surface area contributed by atoms with Crippen LogP contribution in [-0.2, 0) is 11.2 Å². The molecule has 0 unspecified atom stereocenters. The number of para-hydroxylation sites is 1. The molecule has 6 nitrogen and oxygen atoms in total. The third-order valence-corrected chi connectivity index (χ3v) is 3.75. The van der Waals surface area contributed by atoms with E-state index in [9.17, 15) is 18.0 Å². The third-order valence-electron chi connectivity index (χ3n) is 3.25. The number of ether oxygens (including phenoxy) is 2. The van der Waals surface area contributed by atoms with Crippen LogP contribution in [-0.4, -0.2) is 36.3 Å². The van der Waals surface area contributed by atoms with Gasteiger partial charge in [0.15, 0.2) is 0 Å². The molecular formula is C17H14Cl2F3N3O3. The van der Waals surface area contributed by atoms with Crippen LogP contribution in [0.15, 0.2) is 41.5 Å². The lowest BCUT2D eigenvalue weighted by molar-refractivity contribution is -0.274. The molecule has 0 saturated heterocycles. The molecule has 1 amide bonds. The maximum Gasteiger partial charge on any atom is 0.573 e. The van der Waals surface area contributed by atoms with Gasteiger partial charge in [0.2, 0.25) is 0 Å². The lowest BCUT2D eigenvalue weighted by Crippen LogP contribution is -2.22. The molecule has 11 heteroatoms. The van der Waals surface area contributed by atoms with E-state index in [4.69, 9.17) is 33.7 Å². The van der Waals surface area contributed by atoms with Gasteiger partial charge in [-0.05, 0) is 24.1 Å². The highest BCUT2D eigenvalue weighted by Crippen LogP contribution is 2.26. The van der Waals surface area contributed by atoms with E-state index in [1.165, 1.54) is 30.5 Å². The Morgan fingerprint density at radius 1 is 1.25 bits per heavy atom. The summed E-state index contributed by atoms with van der Waals surface area (Å²) >= 11 is 11.6. The molecule has 2 rings (SSSR count). The summed E-state index contributed by atoms with van der Waals surface area (Å²) in [7, 11) is 0. The summed E-state index contributed by atoms with van der Waals surface area (Å²) in [6, 6.07) is 7.00. The second-order valence-corrected chi connectivity index (χ2v) is 6.15. The van der Waals surface area contributed by atoms with E-state index in [1.807, 2.05) is 0 Å². The second-order valence-electron chi connectivity index (χ2n) is 5.36. The second kappa shape index (κ2) is 9.72. The molecular weight excluding hydrogens is 422 g/mol. The van der Waals surface area contributed by atoms with Crippen molar-refractivity contribution in [3.05, 3.63) is 57.8 Å². The first-order chi connectivity index (χ1) is 13.2. The molecule has 0 radical (unpaired) electrons. The van der Waals surface area contributed by atoms with Crippen LogP contribution in [0.2, 0.25) is 10.2 Å². The van der Waals surface area contributed by atoms with Crippen molar-refractivity contribution < 1.29 is 27.4 Å². The van der Waals surface area contributed by atoms with Gasteiger partial charge in [-0.2, -0.15) is 4.99 Å². The topological polar surface area (TPSA) is 86.8 Å². The number of carbonyl (C=O) groups is 1. The predicted molar refractivity (Wildman–Crippen MR) is 97.9 cm³/mol. The Morgan fingerprint density at radius 2 is 1.96 bits per heavy atom. The van der Waals surface area contributed by atoms with Gasteiger partial charge in [0.1, 0.15) is 23.3 Å². The van der Waals surface area contributed by atoms with Gasteiger partial charge in [0, 0.05) is 6.20 Å². The number of nitrogens with zero attached hydrogens (tertiary/aromatic N) is 2. The summed E-state index contributed by atoms with van der Waals surface area (Å²) in [5.41, 5.74) is 5.92. The third kappa shape index (κ3) is 6.99. The number of alkyl halides is 3. The molecule has 0 bridgehead atoms. The Morgan fingerprint density at radius 3 is 2.68 bits per heavy atom. The highest BCUT2D eigenvalue weighted by Gasteiger charge is 2.31. The Hall–Kier alpha value is -2.36. The quantitative estimate of drug-likeness (QED) is 0.307. The predicted octanol–water partition coefficient (Wildman–Crippen LogP) is 4.04. The number of amidine groups is 1. The zero-order valence-electron chi connectivity index (χ0n) is 14.2. The van der Waals surface area contributed by atoms with Gasteiger partial charge < -0.3 is 15.2 Å². The number of pyridine rings is 1. The first-order valence-electron chi connectivity index (χ1n) is 7.75. The van der Waals surface area contributed by atoms with Gasteiger partial charge in [-0.25, -0.2) is 4.98 Å². The van der Waals surface area contributed by atoms with Crippen LogP contribution >= 0.6 is 23.2 Å². The molecule has 1 heterocycles. The van der Waals surface area contributed by atoms with Crippen molar-refractivity contribution in [2.45, 2.75) is 12.8 Å². The first-order valence-corrected chi connectivity index (χ1v) is 8.51. The Kier molecular flexibility index (Phi) is 7.61. The number of nitrogens with two attached hydrogens (primary N) is 1. The summed E-state index contributed by atoms with van der Waals surface area (Å²) in [5.74, 6) is -1.19. The minimum absolute atomic E-state index is 0.0182. The van der Waals surface area contributed by atoms with Crippen LogP contribution in [0.5, 0.6) is 5.75 Å². The van der Waals surface area contributed by atoms with Crippen LogP contribution in [0.1, 0.15) is 15.9 Å². The molecule has 1 aromatic heterocycles. The highest BCUT2D eigenvalue weighted by atomic mass is 35.5. The number of hydrogen-bond donors (Lipinski definition) is 1. The molecule has 0 atom stereocenters. The number of rotatable bonds is 7. The lowest BCUT2D eigenvalue weighted by atomic mass is 10.1. The van der Waals surface area contributed by atoms with Gasteiger partial charge in [0.25, 0.3) is 5.91 Å². The van der Waals surface area contributed by atoms with E-state index in [-0.39, 0.29) is 47.0 Å². The maximum atomic E-state index is 12.4. The fraction of sp³-hybridized carbons (Fsp3) is 0.235. The van der Waals surface area contributed by atoms with Crippen molar-refractivity contribution in [1.82, 2.24) is 4.98 Å². The molecule has 1 aromatic carbocycles. The standard InChI is InChI=1S/C17H14Cl2F3N3O3/c18-11-7-12(15(19)24-8-11)16(26)25-14(23)9-27-6-5-10-3-1-2-4-13(10)28-17(20,21)22/h1-4,7-8H,5-6,9H2,(H2,23,25,26). The highest BCUT2D eigenvalue weighted by molar-refractivity contribution is 6.34. The number of hydrogen-bond acceptors (Lipinski definition) is 4. The molecule has 0 saturated carbocycles. The van der Waals surface area contributed by atoms with Crippen LogP contribution < -0.4 is 10.5 Å². The number of aromatic nitrogens is 1. The average Bonchev–Trinajstić information content (AvgIpc) is 2.60. The number of halogens is 5. The summed E-state index contributed by atoms with van der Waals surface area (Å²) in [6.45, 7) is -0.179. The molecule has 0 aliphatic heterocycles. The number of benzene rings is 1. The Labute approximate surface area is 168 Å². The number of carbonyl (C=O) groups excluding carboxylic acids is 1. The fourth-order valence-corrected chi connectivity index (χ4v) is 2.43. The van der Waals surface area contributed by atoms with Gasteiger partial charge in [-0.3, -0.25) is 4.79 Å². The van der Waals surface area contributed by atoms with Crippen molar-refractivity contribution in [3.8, 4) is 5.75 Å². The molecule has 0 spiro atoms. The van der Waals surface area contributed by atoms with Gasteiger partial charge >= 0.3 is 6.36 Å². The molecule has 0 aliphatic rings.